The second-order valence-electron chi connectivity index (χ2n) is 8.55. The molecule has 0 fully saturated rings. The fraction of sp³-hybridized carbons (Fsp3) is 0.391. The molecule has 1 atom stereocenters. The number of hydrogen-bond acceptors (Lipinski definition) is 5. The first-order valence-electron chi connectivity index (χ1n) is 10.1. The minimum absolute atomic E-state index is 0.0453. The van der Waals surface area contributed by atoms with E-state index in [1.807, 2.05) is 18.2 Å². The number of anilines is 2. The summed E-state index contributed by atoms with van der Waals surface area (Å²) in [5, 5.41) is 7.73. The van der Waals surface area contributed by atoms with Gasteiger partial charge in [-0.3, -0.25) is 0 Å². The van der Waals surface area contributed by atoms with E-state index in [9.17, 15) is 4.39 Å². The summed E-state index contributed by atoms with van der Waals surface area (Å²) >= 11 is 5.90. The van der Waals surface area contributed by atoms with Crippen molar-refractivity contribution in [3.63, 3.8) is 0 Å². The first-order valence-corrected chi connectivity index (χ1v) is 10.5. The lowest BCUT2D eigenvalue weighted by Crippen LogP contribution is -2.31. The Morgan fingerprint density at radius 1 is 1.10 bits per heavy atom. The number of benzene rings is 2. The molecule has 7 heteroatoms. The number of para-hydroxylation sites is 1. The van der Waals surface area contributed by atoms with Crippen LogP contribution in [0.4, 0.5) is 16.2 Å². The van der Waals surface area contributed by atoms with Gasteiger partial charge in [0.1, 0.15) is 11.6 Å². The van der Waals surface area contributed by atoms with Gasteiger partial charge < -0.3 is 16.4 Å². The largest absolute Gasteiger partial charge is 0.366 e. The molecule has 0 radical (unpaired) electrons. The SMILES string of the molecule is C[C@@H](Nc1nc(NCc2cccc(Cl)c2F)nc2c(CCN)cccc12)C(C)(C)C. The molecule has 0 saturated carbocycles. The quantitative estimate of drug-likeness (QED) is 0.470. The van der Waals surface area contributed by atoms with Gasteiger partial charge in [-0.25, -0.2) is 9.37 Å². The zero-order valence-electron chi connectivity index (χ0n) is 17.9. The van der Waals surface area contributed by atoms with Gasteiger partial charge in [0.15, 0.2) is 0 Å². The Morgan fingerprint density at radius 2 is 1.80 bits per heavy atom. The zero-order chi connectivity index (χ0) is 21.9. The molecule has 0 amide bonds. The fourth-order valence-corrected chi connectivity index (χ4v) is 3.23. The summed E-state index contributed by atoms with van der Waals surface area (Å²) in [6.07, 6.45) is 0.713. The molecule has 0 bridgehead atoms. The molecule has 0 aliphatic heterocycles. The van der Waals surface area contributed by atoms with Gasteiger partial charge in [-0.15, -0.1) is 0 Å². The van der Waals surface area contributed by atoms with Gasteiger partial charge in [0.2, 0.25) is 5.95 Å². The molecule has 0 aliphatic carbocycles. The highest BCUT2D eigenvalue weighted by Crippen LogP contribution is 2.29. The molecule has 1 aromatic heterocycles. The average molecular weight is 430 g/mol. The van der Waals surface area contributed by atoms with Gasteiger partial charge in [0.05, 0.1) is 10.5 Å². The lowest BCUT2D eigenvalue weighted by molar-refractivity contribution is 0.359. The number of fused-ring (bicyclic) bond motifs is 1. The van der Waals surface area contributed by atoms with Gasteiger partial charge in [-0.2, -0.15) is 4.98 Å². The minimum atomic E-state index is -0.434. The lowest BCUT2D eigenvalue weighted by atomic mass is 9.88. The smallest absolute Gasteiger partial charge is 0.225 e. The molecule has 30 heavy (non-hydrogen) atoms. The molecular formula is C23H29ClFN5. The van der Waals surface area contributed by atoms with Crippen molar-refractivity contribution >= 4 is 34.3 Å². The second-order valence-corrected chi connectivity index (χ2v) is 8.95. The topological polar surface area (TPSA) is 75.9 Å². The molecule has 0 aliphatic rings. The Labute approximate surface area is 182 Å². The third-order valence-electron chi connectivity index (χ3n) is 5.34. The van der Waals surface area contributed by atoms with Crippen LogP contribution in [0, 0.1) is 11.2 Å². The Hall–Kier alpha value is -2.44. The fourth-order valence-electron chi connectivity index (χ4n) is 3.04. The van der Waals surface area contributed by atoms with Crippen LogP contribution in [-0.4, -0.2) is 22.6 Å². The first-order chi connectivity index (χ1) is 14.2. The molecule has 2 aromatic carbocycles. The summed E-state index contributed by atoms with van der Waals surface area (Å²) in [4.78, 5) is 9.42. The van der Waals surface area contributed by atoms with Gasteiger partial charge in [-0.1, -0.05) is 56.6 Å². The maximum Gasteiger partial charge on any atom is 0.225 e. The van der Waals surface area contributed by atoms with E-state index in [1.165, 1.54) is 6.07 Å². The highest BCUT2D eigenvalue weighted by Gasteiger charge is 2.22. The van der Waals surface area contributed by atoms with Crippen molar-refractivity contribution in [1.82, 2.24) is 9.97 Å². The van der Waals surface area contributed by atoms with Crippen molar-refractivity contribution < 1.29 is 4.39 Å². The monoisotopic (exact) mass is 429 g/mol. The van der Waals surface area contributed by atoms with Crippen molar-refractivity contribution in [3.05, 3.63) is 58.4 Å². The van der Waals surface area contributed by atoms with Gasteiger partial charge in [0, 0.05) is 23.5 Å². The summed E-state index contributed by atoms with van der Waals surface area (Å²) < 4.78 is 14.3. The summed E-state index contributed by atoms with van der Waals surface area (Å²) in [5.41, 5.74) is 8.20. The van der Waals surface area contributed by atoms with E-state index in [0.717, 1.165) is 22.3 Å². The van der Waals surface area contributed by atoms with Crippen molar-refractivity contribution in [2.45, 2.75) is 46.7 Å². The zero-order valence-corrected chi connectivity index (χ0v) is 18.6. The average Bonchev–Trinajstić information content (AvgIpc) is 2.69. The van der Waals surface area contributed by atoms with Crippen LogP contribution in [0.25, 0.3) is 10.9 Å². The maximum atomic E-state index is 14.3. The van der Waals surface area contributed by atoms with Crippen LogP contribution in [0.2, 0.25) is 5.02 Å². The van der Waals surface area contributed by atoms with Gasteiger partial charge >= 0.3 is 0 Å². The van der Waals surface area contributed by atoms with Gasteiger partial charge in [0.25, 0.3) is 0 Å². The molecular weight excluding hydrogens is 401 g/mol. The Morgan fingerprint density at radius 3 is 2.50 bits per heavy atom. The molecule has 0 unspecified atom stereocenters. The summed E-state index contributed by atoms with van der Waals surface area (Å²) in [6, 6.07) is 11.1. The summed E-state index contributed by atoms with van der Waals surface area (Å²) in [7, 11) is 0. The Bertz CT molecular complexity index is 1030. The minimum Gasteiger partial charge on any atom is -0.366 e. The number of hydrogen-bond donors (Lipinski definition) is 3. The van der Waals surface area contributed by atoms with Crippen molar-refractivity contribution in [1.29, 1.82) is 0 Å². The van der Waals surface area contributed by atoms with E-state index in [0.29, 0.717) is 24.5 Å². The molecule has 3 aromatic rings. The molecule has 0 spiro atoms. The highest BCUT2D eigenvalue weighted by molar-refractivity contribution is 6.30. The van der Waals surface area contributed by atoms with Crippen LogP contribution in [-0.2, 0) is 13.0 Å². The van der Waals surface area contributed by atoms with Crippen LogP contribution in [0.1, 0.15) is 38.8 Å². The van der Waals surface area contributed by atoms with Gasteiger partial charge in [-0.05, 0) is 43.0 Å². The third-order valence-corrected chi connectivity index (χ3v) is 5.64. The van der Waals surface area contributed by atoms with Crippen LogP contribution >= 0.6 is 11.6 Å². The van der Waals surface area contributed by atoms with Crippen LogP contribution in [0.3, 0.4) is 0 Å². The lowest BCUT2D eigenvalue weighted by Gasteiger charge is -2.29. The number of nitrogens with one attached hydrogen (secondary N) is 2. The molecule has 5 nitrogen and oxygen atoms in total. The number of aromatic nitrogens is 2. The van der Waals surface area contributed by atoms with Crippen molar-refractivity contribution in [3.8, 4) is 0 Å². The van der Waals surface area contributed by atoms with E-state index in [2.05, 4.69) is 38.3 Å². The highest BCUT2D eigenvalue weighted by atomic mass is 35.5. The first kappa shape index (κ1) is 22.2. The summed E-state index contributed by atoms with van der Waals surface area (Å²) in [6.45, 7) is 9.41. The van der Waals surface area contributed by atoms with Crippen LogP contribution in [0.5, 0.6) is 0 Å². The van der Waals surface area contributed by atoms with E-state index in [-0.39, 0.29) is 23.0 Å². The Balaban J connectivity index is 2.01. The van der Waals surface area contributed by atoms with Crippen LogP contribution in [0.15, 0.2) is 36.4 Å². The predicted octanol–water partition coefficient (Wildman–Crippen LogP) is 5.38. The van der Waals surface area contributed by atoms with Crippen LogP contribution < -0.4 is 16.4 Å². The molecule has 1 heterocycles. The molecule has 4 N–H and O–H groups in total. The molecule has 0 saturated heterocycles. The van der Waals surface area contributed by atoms with Crippen molar-refractivity contribution in [2.24, 2.45) is 11.1 Å². The second kappa shape index (κ2) is 9.14. The normalized spacial score (nSPS) is 12.8. The Kier molecular flexibility index (Phi) is 6.78. The third kappa shape index (κ3) is 4.99. The van der Waals surface area contributed by atoms with E-state index >= 15 is 0 Å². The molecule has 160 valence electrons. The van der Waals surface area contributed by atoms with E-state index in [4.69, 9.17) is 27.3 Å². The predicted molar refractivity (Wildman–Crippen MR) is 124 cm³/mol. The van der Waals surface area contributed by atoms with E-state index in [1.54, 1.807) is 12.1 Å². The molecule has 3 rings (SSSR count). The van der Waals surface area contributed by atoms with E-state index < -0.39 is 5.82 Å². The number of nitrogens with two attached hydrogens (primary N) is 1. The number of rotatable bonds is 7. The summed E-state index contributed by atoms with van der Waals surface area (Å²) in [5.74, 6) is 0.737. The maximum absolute atomic E-state index is 14.3. The number of nitrogens with zero attached hydrogens (tertiary/aromatic N) is 2. The standard InChI is InChI=1S/C23H29ClFN5/c1-14(23(2,3)4)28-21-17-9-5-7-15(11-12-26)20(17)29-22(30-21)27-13-16-8-6-10-18(24)19(16)25/h5-10,14H,11-13,26H2,1-4H3,(H2,27,28,29,30)/t14-/m1/s1. The van der Waals surface area contributed by atoms with Crippen molar-refractivity contribution in [2.75, 3.05) is 17.2 Å². The number of halogens is 2.